The maximum atomic E-state index is 6.29. The first kappa shape index (κ1) is 12.1. The van der Waals surface area contributed by atoms with Gasteiger partial charge in [-0.2, -0.15) is 4.98 Å². The van der Waals surface area contributed by atoms with Crippen molar-refractivity contribution in [3.63, 3.8) is 0 Å². The largest absolute Gasteiger partial charge is 0.339 e. The molecule has 1 aliphatic heterocycles. The Balaban J connectivity index is 1.65. The molecule has 1 aliphatic carbocycles. The molecule has 20 heavy (non-hydrogen) atoms. The fourth-order valence-corrected chi connectivity index (χ4v) is 3.84. The molecule has 2 aliphatic rings. The summed E-state index contributed by atoms with van der Waals surface area (Å²) in [6, 6.07) is 4.45. The molecular weight excluding hydrogens is 250 g/mol. The minimum atomic E-state index is 0.359. The highest BCUT2D eigenvalue weighted by Gasteiger charge is 2.39. The van der Waals surface area contributed by atoms with Gasteiger partial charge < -0.3 is 10.6 Å². The fraction of sp³-hybridized carbons (Fsp3) is 0.600. The summed E-state index contributed by atoms with van der Waals surface area (Å²) in [4.78, 5) is 7.04. The quantitative estimate of drug-likeness (QED) is 0.856. The second-order valence-electron chi connectivity index (χ2n) is 6.29. The number of hydrogen-bond acceptors (Lipinski definition) is 4. The summed E-state index contributed by atoms with van der Waals surface area (Å²) in [6.07, 6.45) is 5.72. The minimum Gasteiger partial charge on any atom is -0.339 e. The zero-order valence-electron chi connectivity index (χ0n) is 11.9. The molecule has 5 heteroatoms. The van der Waals surface area contributed by atoms with E-state index in [1.54, 1.807) is 0 Å². The molecule has 0 amide bonds. The van der Waals surface area contributed by atoms with E-state index < -0.39 is 0 Å². The second kappa shape index (κ2) is 4.45. The highest BCUT2D eigenvalue weighted by Crippen LogP contribution is 2.36. The highest BCUT2D eigenvalue weighted by molar-refractivity contribution is 5.51. The van der Waals surface area contributed by atoms with E-state index in [0.717, 1.165) is 30.6 Å². The lowest BCUT2D eigenvalue weighted by Gasteiger charge is -2.29. The molecule has 2 fully saturated rings. The third-order valence-electron chi connectivity index (χ3n) is 4.98. The van der Waals surface area contributed by atoms with Crippen molar-refractivity contribution in [1.82, 2.24) is 14.6 Å². The topological polar surface area (TPSA) is 59.5 Å². The number of anilines is 1. The SMILES string of the molecule is Cc1cccn2nc(N3CC4CCCC(N)C4C3)nc12. The summed E-state index contributed by atoms with van der Waals surface area (Å²) in [5.74, 6) is 2.21. The average Bonchev–Trinajstić information content (AvgIpc) is 3.03. The van der Waals surface area contributed by atoms with E-state index >= 15 is 0 Å². The van der Waals surface area contributed by atoms with E-state index in [0.29, 0.717) is 12.0 Å². The van der Waals surface area contributed by atoms with Crippen molar-refractivity contribution in [3.8, 4) is 0 Å². The Hall–Kier alpha value is -1.62. The van der Waals surface area contributed by atoms with Crippen LogP contribution in [0.15, 0.2) is 18.3 Å². The maximum absolute atomic E-state index is 6.29. The molecule has 2 N–H and O–H groups in total. The summed E-state index contributed by atoms with van der Waals surface area (Å²) in [5, 5.41) is 4.63. The van der Waals surface area contributed by atoms with Crippen LogP contribution in [0.3, 0.4) is 0 Å². The monoisotopic (exact) mass is 271 g/mol. The second-order valence-corrected chi connectivity index (χ2v) is 6.29. The van der Waals surface area contributed by atoms with Gasteiger partial charge in [0.15, 0.2) is 5.65 Å². The zero-order chi connectivity index (χ0) is 13.7. The van der Waals surface area contributed by atoms with E-state index in [9.17, 15) is 0 Å². The van der Waals surface area contributed by atoms with Crippen LogP contribution < -0.4 is 10.6 Å². The van der Waals surface area contributed by atoms with Crippen LogP contribution in [0.4, 0.5) is 5.95 Å². The first-order valence-corrected chi connectivity index (χ1v) is 7.55. The molecule has 0 radical (unpaired) electrons. The zero-order valence-corrected chi connectivity index (χ0v) is 11.9. The minimum absolute atomic E-state index is 0.359. The van der Waals surface area contributed by atoms with Crippen LogP contribution in [-0.4, -0.2) is 33.7 Å². The molecule has 4 rings (SSSR count). The van der Waals surface area contributed by atoms with Crippen molar-refractivity contribution in [3.05, 3.63) is 23.9 Å². The van der Waals surface area contributed by atoms with Gasteiger partial charge in [0.25, 0.3) is 0 Å². The molecule has 5 nitrogen and oxygen atoms in total. The standard InChI is InChI=1S/C15H21N5/c1-10-4-3-7-20-14(10)17-15(18-20)19-8-11-5-2-6-13(16)12(11)9-19/h3-4,7,11-13H,2,5-6,8-9,16H2,1H3. The predicted molar refractivity (Wildman–Crippen MR) is 78.7 cm³/mol. The molecule has 3 atom stereocenters. The number of hydrogen-bond donors (Lipinski definition) is 1. The first-order valence-electron chi connectivity index (χ1n) is 7.55. The lowest BCUT2D eigenvalue weighted by atomic mass is 9.78. The van der Waals surface area contributed by atoms with Crippen LogP contribution in [0.1, 0.15) is 24.8 Å². The van der Waals surface area contributed by atoms with Crippen molar-refractivity contribution >= 4 is 11.6 Å². The van der Waals surface area contributed by atoms with Gasteiger partial charge in [0, 0.05) is 25.3 Å². The van der Waals surface area contributed by atoms with Crippen molar-refractivity contribution in [2.75, 3.05) is 18.0 Å². The van der Waals surface area contributed by atoms with Gasteiger partial charge in [-0.1, -0.05) is 12.5 Å². The normalized spacial score (nSPS) is 29.9. The lowest BCUT2D eigenvalue weighted by molar-refractivity contribution is 0.260. The smallest absolute Gasteiger partial charge is 0.245 e. The molecule has 2 aromatic heterocycles. The Morgan fingerprint density at radius 3 is 3.00 bits per heavy atom. The number of nitrogens with zero attached hydrogens (tertiary/aromatic N) is 4. The van der Waals surface area contributed by atoms with Gasteiger partial charge in [0.2, 0.25) is 5.95 Å². The number of aromatic nitrogens is 3. The number of rotatable bonds is 1. The Morgan fingerprint density at radius 1 is 1.30 bits per heavy atom. The summed E-state index contributed by atoms with van der Waals surface area (Å²) in [7, 11) is 0. The summed E-state index contributed by atoms with van der Waals surface area (Å²) < 4.78 is 1.88. The number of aryl methyl sites for hydroxylation is 1. The first-order chi connectivity index (χ1) is 9.72. The van der Waals surface area contributed by atoms with E-state index in [2.05, 4.69) is 23.0 Å². The van der Waals surface area contributed by atoms with Gasteiger partial charge in [-0.05, 0) is 43.2 Å². The van der Waals surface area contributed by atoms with Gasteiger partial charge in [-0.3, -0.25) is 0 Å². The number of nitrogens with two attached hydrogens (primary N) is 1. The molecule has 0 bridgehead atoms. The fourth-order valence-electron chi connectivity index (χ4n) is 3.84. The van der Waals surface area contributed by atoms with Crippen molar-refractivity contribution in [2.24, 2.45) is 17.6 Å². The molecule has 0 spiro atoms. The van der Waals surface area contributed by atoms with Crippen molar-refractivity contribution in [2.45, 2.75) is 32.2 Å². The van der Waals surface area contributed by atoms with Crippen LogP contribution in [0.2, 0.25) is 0 Å². The molecule has 3 unspecified atom stereocenters. The number of fused-ring (bicyclic) bond motifs is 2. The van der Waals surface area contributed by atoms with E-state index in [1.807, 2.05) is 16.8 Å². The van der Waals surface area contributed by atoms with Crippen molar-refractivity contribution < 1.29 is 0 Å². The highest BCUT2D eigenvalue weighted by atomic mass is 15.4. The molecule has 1 saturated carbocycles. The Bertz CT molecular complexity index is 634. The Labute approximate surface area is 118 Å². The van der Waals surface area contributed by atoms with Crippen molar-refractivity contribution in [1.29, 1.82) is 0 Å². The molecule has 1 saturated heterocycles. The van der Waals surface area contributed by atoms with E-state index in [4.69, 9.17) is 10.7 Å². The van der Waals surface area contributed by atoms with Gasteiger partial charge in [-0.15, -0.1) is 5.10 Å². The van der Waals surface area contributed by atoms with Crippen LogP contribution in [0.5, 0.6) is 0 Å². The van der Waals surface area contributed by atoms with E-state index in [1.165, 1.54) is 24.8 Å². The summed E-state index contributed by atoms with van der Waals surface area (Å²) >= 11 is 0. The lowest BCUT2D eigenvalue weighted by Crippen LogP contribution is -2.38. The van der Waals surface area contributed by atoms with Crippen LogP contribution in [0, 0.1) is 18.8 Å². The van der Waals surface area contributed by atoms with Crippen LogP contribution >= 0.6 is 0 Å². The Kier molecular flexibility index (Phi) is 2.70. The van der Waals surface area contributed by atoms with Gasteiger partial charge in [-0.25, -0.2) is 4.52 Å². The van der Waals surface area contributed by atoms with Crippen LogP contribution in [-0.2, 0) is 0 Å². The molecule has 3 heterocycles. The maximum Gasteiger partial charge on any atom is 0.245 e. The average molecular weight is 271 g/mol. The van der Waals surface area contributed by atoms with Gasteiger partial charge >= 0.3 is 0 Å². The number of pyridine rings is 1. The third-order valence-corrected chi connectivity index (χ3v) is 4.98. The molecule has 2 aromatic rings. The summed E-state index contributed by atoms with van der Waals surface area (Å²) in [5.41, 5.74) is 8.41. The van der Waals surface area contributed by atoms with Gasteiger partial charge in [0.1, 0.15) is 0 Å². The van der Waals surface area contributed by atoms with Crippen LogP contribution in [0.25, 0.3) is 5.65 Å². The molecule has 0 aromatic carbocycles. The molecule has 106 valence electrons. The van der Waals surface area contributed by atoms with E-state index in [-0.39, 0.29) is 0 Å². The van der Waals surface area contributed by atoms with Gasteiger partial charge in [0.05, 0.1) is 0 Å². The predicted octanol–water partition coefficient (Wildman–Crippen LogP) is 1.60. The molecular formula is C15H21N5. The third kappa shape index (κ3) is 1.80. The Morgan fingerprint density at radius 2 is 2.20 bits per heavy atom. The summed E-state index contributed by atoms with van der Waals surface area (Å²) in [6.45, 7) is 4.16.